The fourth-order valence-corrected chi connectivity index (χ4v) is 2.48. The van der Waals surface area contributed by atoms with E-state index in [1.807, 2.05) is 13.0 Å². The van der Waals surface area contributed by atoms with Crippen LogP contribution in [0.4, 0.5) is 13.2 Å². The van der Waals surface area contributed by atoms with Crippen LogP contribution in [0.2, 0.25) is 0 Å². The van der Waals surface area contributed by atoms with Crippen LogP contribution in [0.15, 0.2) is 36.4 Å². The number of nitrogens with one attached hydrogen (secondary N) is 1. The molecule has 1 unspecified atom stereocenters. The third kappa shape index (κ3) is 4.71. The lowest BCUT2D eigenvalue weighted by Gasteiger charge is -2.15. The van der Waals surface area contributed by atoms with E-state index in [1.54, 1.807) is 6.08 Å². The molecule has 0 radical (unpaired) electrons. The van der Waals surface area contributed by atoms with Crippen molar-refractivity contribution in [3.05, 3.63) is 47.5 Å². The van der Waals surface area contributed by atoms with Crippen molar-refractivity contribution in [2.24, 2.45) is 5.92 Å². The molecule has 1 aromatic rings. The lowest BCUT2D eigenvalue weighted by atomic mass is 10.1. The number of unbranched alkanes of at least 4 members (excludes halogenated alkanes) is 2. The number of nitrogens with zero attached hydrogens (tertiary/aromatic N) is 1. The SMILES string of the molecule is CCCCC=CC1CC(=O)N(NC(=O)c2ccc(C(F)(F)F)cc2)C1=O. The Morgan fingerprint density at radius 2 is 1.92 bits per heavy atom. The van der Waals surface area contributed by atoms with Gasteiger partial charge in [-0.3, -0.25) is 19.8 Å². The molecule has 0 saturated carbocycles. The zero-order chi connectivity index (χ0) is 19.3. The number of carbonyl (C=O) groups excluding carboxylic acids is 3. The number of hydrogen-bond acceptors (Lipinski definition) is 3. The van der Waals surface area contributed by atoms with Crippen LogP contribution in [-0.4, -0.2) is 22.7 Å². The van der Waals surface area contributed by atoms with Crippen molar-refractivity contribution in [2.75, 3.05) is 0 Å². The first-order valence-corrected chi connectivity index (χ1v) is 8.25. The average molecular weight is 368 g/mol. The molecule has 0 aliphatic carbocycles. The normalized spacial score (nSPS) is 18.0. The highest BCUT2D eigenvalue weighted by molar-refractivity contribution is 6.07. The zero-order valence-corrected chi connectivity index (χ0v) is 14.2. The van der Waals surface area contributed by atoms with Gasteiger partial charge in [0, 0.05) is 12.0 Å². The maximum absolute atomic E-state index is 12.5. The van der Waals surface area contributed by atoms with Gasteiger partial charge in [-0.25, -0.2) is 0 Å². The quantitative estimate of drug-likeness (QED) is 0.475. The average Bonchev–Trinajstić information content (AvgIpc) is 2.85. The van der Waals surface area contributed by atoms with Crippen molar-refractivity contribution in [1.29, 1.82) is 0 Å². The molecule has 1 N–H and O–H groups in total. The molecule has 1 heterocycles. The van der Waals surface area contributed by atoms with Gasteiger partial charge in [-0.15, -0.1) is 0 Å². The maximum Gasteiger partial charge on any atom is 0.416 e. The van der Waals surface area contributed by atoms with Gasteiger partial charge in [-0.05, 0) is 30.7 Å². The predicted molar refractivity (Wildman–Crippen MR) is 87.5 cm³/mol. The van der Waals surface area contributed by atoms with E-state index in [4.69, 9.17) is 0 Å². The number of benzene rings is 1. The van der Waals surface area contributed by atoms with Crippen LogP contribution in [-0.2, 0) is 15.8 Å². The molecule has 0 spiro atoms. The molecule has 0 aromatic heterocycles. The summed E-state index contributed by atoms with van der Waals surface area (Å²) in [5.41, 5.74) is 1.19. The Balaban J connectivity index is 2.01. The molecular formula is C18H19F3N2O3. The second-order valence-electron chi connectivity index (χ2n) is 5.96. The third-order valence-electron chi connectivity index (χ3n) is 3.96. The van der Waals surface area contributed by atoms with Gasteiger partial charge in [0.1, 0.15) is 0 Å². The molecule has 1 saturated heterocycles. The molecule has 26 heavy (non-hydrogen) atoms. The molecule has 8 heteroatoms. The number of hydrogen-bond donors (Lipinski definition) is 1. The van der Waals surface area contributed by atoms with Crippen molar-refractivity contribution in [1.82, 2.24) is 10.4 Å². The van der Waals surface area contributed by atoms with Gasteiger partial charge in [-0.1, -0.05) is 31.9 Å². The van der Waals surface area contributed by atoms with Gasteiger partial charge in [0.2, 0.25) is 5.91 Å². The summed E-state index contributed by atoms with van der Waals surface area (Å²) >= 11 is 0. The number of allylic oxidation sites excluding steroid dienone is 1. The van der Waals surface area contributed by atoms with Crippen molar-refractivity contribution in [3.8, 4) is 0 Å². The van der Waals surface area contributed by atoms with Crippen LogP contribution in [0.3, 0.4) is 0 Å². The van der Waals surface area contributed by atoms with Gasteiger partial charge >= 0.3 is 6.18 Å². The Bertz CT molecular complexity index is 711. The van der Waals surface area contributed by atoms with Gasteiger partial charge < -0.3 is 0 Å². The molecule has 5 nitrogen and oxygen atoms in total. The number of alkyl halides is 3. The molecule has 1 aliphatic rings. The van der Waals surface area contributed by atoms with Crippen LogP contribution < -0.4 is 5.43 Å². The Morgan fingerprint density at radius 3 is 2.50 bits per heavy atom. The lowest BCUT2D eigenvalue weighted by Crippen LogP contribution is -2.46. The van der Waals surface area contributed by atoms with Gasteiger partial charge in [-0.2, -0.15) is 18.2 Å². The summed E-state index contributed by atoms with van der Waals surface area (Å²) < 4.78 is 37.6. The van der Waals surface area contributed by atoms with Crippen molar-refractivity contribution >= 4 is 17.7 Å². The van der Waals surface area contributed by atoms with Crippen LogP contribution in [0.25, 0.3) is 0 Å². The predicted octanol–water partition coefficient (Wildman–Crippen LogP) is 3.47. The lowest BCUT2D eigenvalue weighted by molar-refractivity contribution is -0.142. The van der Waals surface area contributed by atoms with E-state index in [1.165, 1.54) is 0 Å². The summed E-state index contributed by atoms with van der Waals surface area (Å²) in [5, 5.41) is 0.634. The van der Waals surface area contributed by atoms with Crippen LogP contribution in [0.1, 0.15) is 48.5 Å². The Kier molecular flexibility index (Phi) is 6.18. The van der Waals surface area contributed by atoms with Crippen LogP contribution >= 0.6 is 0 Å². The molecule has 3 amide bonds. The molecule has 140 valence electrons. The molecule has 1 fully saturated rings. The van der Waals surface area contributed by atoms with E-state index in [2.05, 4.69) is 5.43 Å². The Labute approximate surface area is 148 Å². The van der Waals surface area contributed by atoms with Gasteiger partial charge in [0.15, 0.2) is 0 Å². The second-order valence-corrected chi connectivity index (χ2v) is 5.96. The zero-order valence-electron chi connectivity index (χ0n) is 14.2. The standard InChI is InChI=1S/C18H19F3N2O3/c1-2-3-4-5-6-13-11-15(24)23(17(13)26)22-16(25)12-7-9-14(10-8-12)18(19,20)21/h5-10,13H,2-4,11H2,1H3,(H,22,25). The molecule has 1 aliphatic heterocycles. The minimum Gasteiger partial charge on any atom is -0.272 e. The van der Waals surface area contributed by atoms with Crippen molar-refractivity contribution in [2.45, 2.75) is 38.8 Å². The Morgan fingerprint density at radius 1 is 1.27 bits per heavy atom. The third-order valence-corrected chi connectivity index (χ3v) is 3.96. The number of imide groups is 1. The number of amides is 3. The summed E-state index contributed by atoms with van der Waals surface area (Å²) in [6.45, 7) is 2.04. The minimum absolute atomic E-state index is 0.0469. The van der Waals surface area contributed by atoms with E-state index < -0.39 is 35.4 Å². The highest BCUT2D eigenvalue weighted by Crippen LogP contribution is 2.29. The first kappa shape index (κ1) is 19.7. The number of hydrazine groups is 1. The fourth-order valence-electron chi connectivity index (χ4n) is 2.48. The summed E-state index contributed by atoms with van der Waals surface area (Å²) in [7, 11) is 0. The van der Waals surface area contributed by atoms with E-state index in [9.17, 15) is 27.6 Å². The van der Waals surface area contributed by atoms with Crippen LogP contribution in [0, 0.1) is 5.92 Å². The van der Waals surface area contributed by atoms with Crippen LogP contribution in [0.5, 0.6) is 0 Å². The number of rotatable bonds is 6. The first-order chi connectivity index (χ1) is 12.2. The summed E-state index contributed by atoms with van der Waals surface area (Å²) in [6.07, 6.45) is 1.71. The van der Waals surface area contributed by atoms with E-state index in [-0.39, 0.29) is 12.0 Å². The van der Waals surface area contributed by atoms with E-state index in [0.29, 0.717) is 5.01 Å². The smallest absolute Gasteiger partial charge is 0.272 e. The maximum atomic E-state index is 12.5. The summed E-state index contributed by atoms with van der Waals surface area (Å²) in [4.78, 5) is 36.3. The minimum atomic E-state index is -4.51. The molecule has 0 bridgehead atoms. The number of halogens is 3. The molecule has 1 atom stereocenters. The molecule has 1 aromatic carbocycles. The largest absolute Gasteiger partial charge is 0.416 e. The van der Waals surface area contributed by atoms with E-state index in [0.717, 1.165) is 43.5 Å². The Hall–Kier alpha value is -2.64. The summed E-state index contributed by atoms with van der Waals surface area (Å²) in [5.74, 6) is -2.56. The van der Waals surface area contributed by atoms with Gasteiger partial charge in [0.05, 0.1) is 11.5 Å². The van der Waals surface area contributed by atoms with Gasteiger partial charge in [0.25, 0.3) is 11.8 Å². The molecule has 2 rings (SSSR count). The first-order valence-electron chi connectivity index (χ1n) is 8.25. The topological polar surface area (TPSA) is 66.5 Å². The summed E-state index contributed by atoms with van der Waals surface area (Å²) in [6, 6.07) is 3.51. The second kappa shape index (κ2) is 8.16. The van der Waals surface area contributed by atoms with Crippen molar-refractivity contribution in [3.63, 3.8) is 0 Å². The highest BCUT2D eigenvalue weighted by Gasteiger charge is 2.38. The van der Waals surface area contributed by atoms with Crippen molar-refractivity contribution < 1.29 is 27.6 Å². The highest BCUT2D eigenvalue weighted by atomic mass is 19.4. The molecular weight excluding hydrogens is 349 g/mol. The monoisotopic (exact) mass is 368 g/mol. The fraction of sp³-hybridized carbons (Fsp3) is 0.389. The van der Waals surface area contributed by atoms with E-state index >= 15 is 0 Å². The number of carbonyl (C=O) groups is 3.